The second-order valence-corrected chi connectivity index (χ2v) is 5.79. The summed E-state index contributed by atoms with van der Waals surface area (Å²) in [5, 5.41) is 8.50. The third-order valence-corrected chi connectivity index (χ3v) is 3.53. The zero-order valence-electron chi connectivity index (χ0n) is 13.6. The zero-order valence-corrected chi connectivity index (χ0v) is 14.4. The summed E-state index contributed by atoms with van der Waals surface area (Å²) in [6.07, 6.45) is -3.40. The molecular weight excluding hydrogens is 387 g/mol. The predicted octanol–water partition coefficient (Wildman–Crippen LogP) is 4.44. The number of alkyl halides is 3. The van der Waals surface area contributed by atoms with Gasteiger partial charge >= 0.3 is 6.18 Å². The molecule has 1 aromatic carbocycles. The Morgan fingerprint density at radius 2 is 2.00 bits per heavy atom. The standard InChI is InChI=1S/C16H11ClF3N5O2/c1-8-6-13(25-27-8)24-15-21-5-4-12(23-15)14(26)22-11-3-2-9(17)7-10(11)16(18,19)20/h2-7H,1H3,(H,22,26)(H,21,23,24,25). The highest BCUT2D eigenvalue weighted by molar-refractivity contribution is 6.30. The van der Waals surface area contributed by atoms with Crippen molar-refractivity contribution in [1.29, 1.82) is 0 Å². The maximum Gasteiger partial charge on any atom is 0.418 e. The Labute approximate surface area is 155 Å². The maximum absolute atomic E-state index is 13.1. The fourth-order valence-corrected chi connectivity index (χ4v) is 2.30. The lowest BCUT2D eigenvalue weighted by Gasteiger charge is -2.14. The summed E-state index contributed by atoms with van der Waals surface area (Å²) in [7, 11) is 0. The summed E-state index contributed by atoms with van der Waals surface area (Å²) < 4.78 is 44.3. The highest BCUT2D eigenvalue weighted by atomic mass is 35.5. The summed E-state index contributed by atoms with van der Waals surface area (Å²) in [4.78, 5) is 20.2. The molecule has 11 heteroatoms. The van der Waals surface area contributed by atoms with Crippen LogP contribution in [0.5, 0.6) is 0 Å². The monoisotopic (exact) mass is 397 g/mol. The molecule has 2 aromatic heterocycles. The molecule has 0 bridgehead atoms. The molecule has 2 heterocycles. The number of halogens is 4. The lowest BCUT2D eigenvalue weighted by atomic mass is 10.1. The van der Waals surface area contributed by atoms with E-state index in [1.807, 2.05) is 0 Å². The fourth-order valence-electron chi connectivity index (χ4n) is 2.13. The molecule has 7 nitrogen and oxygen atoms in total. The van der Waals surface area contributed by atoms with Crippen LogP contribution in [-0.4, -0.2) is 21.0 Å². The SMILES string of the molecule is Cc1cc(Nc2nccc(C(=O)Nc3ccc(Cl)cc3C(F)(F)F)n2)no1. The van der Waals surface area contributed by atoms with Crippen LogP contribution in [0.3, 0.4) is 0 Å². The van der Waals surface area contributed by atoms with E-state index in [4.69, 9.17) is 16.1 Å². The molecule has 0 saturated carbocycles. The second kappa shape index (κ2) is 7.23. The minimum absolute atomic E-state index is 0.0306. The first-order valence-corrected chi connectivity index (χ1v) is 7.81. The summed E-state index contributed by atoms with van der Waals surface area (Å²) in [6.45, 7) is 1.69. The first-order valence-electron chi connectivity index (χ1n) is 7.44. The number of carbonyl (C=O) groups is 1. The van der Waals surface area contributed by atoms with Crippen LogP contribution in [0.15, 0.2) is 41.1 Å². The summed E-state index contributed by atoms with van der Waals surface area (Å²) in [6, 6.07) is 5.89. The van der Waals surface area contributed by atoms with Crippen molar-refractivity contribution in [2.24, 2.45) is 0 Å². The summed E-state index contributed by atoms with van der Waals surface area (Å²) >= 11 is 5.62. The van der Waals surface area contributed by atoms with Crippen molar-refractivity contribution < 1.29 is 22.5 Å². The molecule has 0 atom stereocenters. The van der Waals surface area contributed by atoms with Crippen LogP contribution < -0.4 is 10.6 Å². The average molecular weight is 398 g/mol. The number of amides is 1. The Balaban J connectivity index is 1.82. The van der Waals surface area contributed by atoms with Gasteiger partial charge in [0.25, 0.3) is 5.91 Å². The quantitative estimate of drug-likeness (QED) is 0.676. The van der Waals surface area contributed by atoms with E-state index in [0.29, 0.717) is 11.6 Å². The molecule has 3 aromatic rings. The Morgan fingerprint density at radius 1 is 1.22 bits per heavy atom. The van der Waals surface area contributed by atoms with Gasteiger partial charge in [-0.05, 0) is 31.2 Å². The van der Waals surface area contributed by atoms with Gasteiger partial charge in [0.05, 0.1) is 11.3 Å². The van der Waals surface area contributed by atoms with Gasteiger partial charge in [-0.2, -0.15) is 13.2 Å². The number of nitrogens with zero attached hydrogens (tertiary/aromatic N) is 3. The molecule has 0 unspecified atom stereocenters. The number of aryl methyl sites for hydroxylation is 1. The van der Waals surface area contributed by atoms with E-state index in [0.717, 1.165) is 12.1 Å². The van der Waals surface area contributed by atoms with E-state index >= 15 is 0 Å². The lowest BCUT2D eigenvalue weighted by molar-refractivity contribution is -0.136. The van der Waals surface area contributed by atoms with Crippen LogP contribution in [0.4, 0.5) is 30.6 Å². The van der Waals surface area contributed by atoms with Crippen molar-refractivity contribution in [3.05, 3.63) is 58.6 Å². The van der Waals surface area contributed by atoms with Gasteiger partial charge in [0.2, 0.25) is 5.95 Å². The van der Waals surface area contributed by atoms with Crippen molar-refractivity contribution in [1.82, 2.24) is 15.1 Å². The molecule has 0 saturated heterocycles. The normalized spacial score (nSPS) is 11.3. The molecule has 0 aliphatic rings. The van der Waals surface area contributed by atoms with Crippen LogP contribution in [0.2, 0.25) is 5.02 Å². The Hall–Kier alpha value is -3.14. The van der Waals surface area contributed by atoms with Crippen LogP contribution >= 0.6 is 11.6 Å². The molecule has 1 amide bonds. The average Bonchev–Trinajstić information content (AvgIpc) is 3.00. The van der Waals surface area contributed by atoms with Gasteiger partial charge in [0.1, 0.15) is 11.5 Å². The number of carbonyl (C=O) groups excluding carboxylic acids is 1. The summed E-state index contributed by atoms with van der Waals surface area (Å²) in [5.74, 6) is 0.0589. The van der Waals surface area contributed by atoms with Crippen LogP contribution in [0, 0.1) is 6.92 Å². The molecule has 27 heavy (non-hydrogen) atoms. The molecule has 2 N–H and O–H groups in total. The number of hydrogen-bond donors (Lipinski definition) is 2. The third-order valence-electron chi connectivity index (χ3n) is 3.29. The largest absolute Gasteiger partial charge is 0.418 e. The number of rotatable bonds is 4. The smallest absolute Gasteiger partial charge is 0.360 e. The third kappa shape index (κ3) is 4.53. The molecule has 0 fully saturated rings. The van der Waals surface area contributed by atoms with Gasteiger partial charge in [-0.25, -0.2) is 9.97 Å². The Kier molecular flexibility index (Phi) is 5.00. The van der Waals surface area contributed by atoms with E-state index in [1.54, 1.807) is 13.0 Å². The van der Waals surface area contributed by atoms with Crippen molar-refractivity contribution in [3.8, 4) is 0 Å². The van der Waals surface area contributed by atoms with Crippen molar-refractivity contribution in [3.63, 3.8) is 0 Å². The fraction of sp³-hybridized carbons (Fsp3) is 0.125. The Morgan fingerprint density at radius 3 is 2.67 bits per heavy atom. The molecule has 0 spiro atoms. The minimum atomic E-state index is -4.68. The molecule has 3 rings (SSSR count). The van der Waals surface area contributed by atoms with E-state index in [-0.39, 0.29) is 16.7 Å². The first kappa shape index (κ1) is 18.6. The first-order chi connectivity index (χ1) is 12.7. The zero-order chi connectivity index (χ0) is 19.6. The number of anilines is 3. The number of aromatic nitrogens is 3. The van der Waals surface area contributed by atoms with Crippen LogP contribution in [0.1, 0.15) is 21.8 Å². The topological polar surface area (TPSA) is 92.9 Å². The molecule has 140 valence electrons. The van der Waals surface area contributed by atoms with Gasteiger partial charge in [0, 0.05) is 17.3 Å². The molecule has 0 aliphatic carbocycles. The number of benzene rings is 1. The van der Waals surface area contributed by atoms with Crippen molar-refractivity contribution in [2.45, 2.75) is 13.1 Å². The lowest BCUT2D eigenvalue weighted by Crippen LogP contribution is -2.18. The van der Waals surface area contributed by atoms with Gasteiger partial charge in [-0.3, -0.25) is 4.79 Å². The van der Waals surface area contributed by atoms with Gasteiger partial charge in [-0.1, -0.05) is 16.8 Å². The van der Waals surface area contributed by atoms with Crippen molar-refractivity contribution >= 4 is 35.0 Å². The Bertz CT molecular complexity index is 990. The van der Waals surface area contributed by atoms with E-state index < -0.39 is 23.3 Å². The highest BCUT2D eigenvalue weighted by Crippen LogP contribution is 2.36. The van der Waals surface area contributed by atoms with Crippen LogP contribution in [0.25, 0.3) is 0 Å². The van der Waals surface area contributed by atoms with Crippen LogP contribution in [-0.2, 0) is 6.18 Å². The minimum Gasteiger partial charge on any atom is -0.360 e. The van der Waals surface area contributed by atoms with Gasteiger partial charge in [0.15, 0.2) is 5.82 Å². The summed E-state index contributed by atoms with van der Waals surface area (Å²) in [5.41, 5.74) is -1.64. The number of hydrogen-bond acceptors (Lipinski definition) is 6. The predicted molar refractivity (Wildman–Crippen MR) is 91.0 cm³/mol. The van der Waals surface area contributed by atoms with E-state index in [1.165, 1.54) is 18.3 Å². The number of nitrogens with one attached hydrogen (secondary N) is 2. The van der Waals surface area contributed by atoms with Crippen molar-refractivity contribution in [2.75, 3.05) is 10.6 Å². The maximum atomic E-state index is 13.1. The molecule has 0 radical (unpaired) electrons. The molecule has 0 aliphatic heterocycles. The van der Waals surface area contributed by atoms with E-state index in [2.05, 4.69) is 25.8 Å². The molecular formula is C16H11ClF3N5O2. The second-order valence-electron chi connectivity index (χ2n) is 5.36. The highest BCUT2D eigenvalue weighted by Gasteiger charge is 2.34. The van der Waals surface area contributed by atoms with Gasteiger partial charge in [-0.15, -0.1) is 0 Å². The van der Waals surface area contributed by atoms with Gasteiger partial charge < -0.3 is 15.2 Å². The van der Waals surface area contributed by atoms with E-state index in [9.17, 15) is 18.0 Å².